The van der Waals surface area contributed by atoms with Gasteiger partial charge in [0, 0.05) is 23.1 Å². The van der Waals surface area contributed by atoms with Gasteiger partial charge in [-0.05, 0) is 24.3 Å². The molecule has 7 nitrogen and oxygen atoms in total. The largest absolute Gasteiger partial charge is 0.296 e. The zero-order valence-electron chi connectivity index (χ0n) is 13.7. The van der Waals surface area contributed by atoms with Crippen molar-refractivity contribution in [3.8, 4) is 0 Å². The van der Waals surface area contributed by atoms with Crippen LogP contribution in [-0.4, -0.2) is 21.0 Å². The zero-order valence-corrected chi connectivity index (χ0v) is 14.5. The van der Waals surface area contributed by atoms with Gasteiger partial charge in [0.2, 0.25) is 5.13 Å². The van der Waals surface area contributed by atoms with Gasteiger partial charge in [0.25, 0.3) is 11.6 Å². The van der Waals surface area contributed by atoms with Gasteiger partial charge in [-0.3, -0.25) is 20.2 Å². The second-order valence-corrected chi connectivity index (χ2v) is 7.92. The van der Waals surface area contributed by atoms with Crippen LogP contribution in [0.1, 0.15) is 60.5 Å². The highest BCUT2D eigenvalue weighted by atomic mass is 32.1. The lowest BCUT2D eigenvalue weighted by Crippen LogP contribution is -2.16. The molecule has 0 spiro atoms. The van der Waals surface area contributed by atoms with Crippen molar-refractivity contribution < 1.29 is 9.72 Å². The van der Waals surface area contributed by atoms with E-state index in [1.807, 2.05) is 20.8 Å². The molecular formula is C16H18N4O3S. The summed E-state index contributed by atoms with van der Waals surface area (Å²) in [6.45, 7) is 5.70. The minimum absolute atomic E-state index is 0.0499. The Balaban J connectivity index is 1.83. The Morgan fingerprint density at radius 2 is 2.04 bits per heavy atom. The number of aromatic nitrogens is 2. The van der Waals surface area contributed by atoms with E-state index in [2.05, 4.69) is 15.5 Å². The molecule has 1 amide bonds. The molecule has 1 aromatic heterocycles. The van der Waals surface area contributed by atoms with Crippen LogP contribution in [0.25, 0.3) is 0 Å². The number of rotatable bonds is 4. The summed E-state index contributed by atoms with van der Waals surface area (Å²) in [7, 11) is 0. The van der Waals surface area contributed by atoms with E-state index in [1.54, 1.807) is 12.1 Å². The maximum Gasteiger partial charge on any atom is 0.273 e. The Morgan fingerprint density at radius 1 is 1.33 bits per heavy atom. The molecule has 1 heterocycles. The molecule has 0 aliphatic heterocycles. The predicted molar refractivity (Wildman–Crippen MR) is 91.6 cm³/mol. The van der Waals surface area contributed by atoms with Crippen molar-refractivity contribution in [2.24, 2.45) is 0 Å². The number of nitro groups is 1. The number of benzene rings is 1. The standard InChI is InChI=1S/C16H18N4O3S/c1-16(2,3)11-7-6-10(8-12(11)20(22)23)13(21)17-15-19-18-14(24-15)9-4-5-9/h6-9H,4-5H2,1-3H3,(H,17,19,21). The van der Waals surface area contributed by atoms with Gasteiger partial charge in [-0.25, -0.2) is 0 Å². The van der Waals surface area contributed by atoms with Gasteiger partial charge in [0.05, 0.1) is 4.92 Å². The molecule has 1 aliphatic rings. The quantitative estimate of drug-likeness (QED) is 0.669. The number of hydrogen-bond donors (Lipinski definition) is 1. The Bertz CT molecular complexity index is 806. The molecule has 1 aromatic carbocycles. The van der Waals surface area contributed by atoms with Crippen molar-refractivity contribution in [3.63, 3.8) is 0 Å². The van der Waals surface area contributed by atoms with Crippen molar-refractivity contribution in [1.82, 2.24) is 10.2 Å². The SMILES string of the molecule is CC(C)(C)c1ccc(C(=O)Nc2nnc(C3CC3)s2)cc1[N+](=O)[O-]. The fourth-order valence-corrected chi connectivity index (χ4v) is 3.32. The summed E-state index contributed by atoms with van der Waals surface area (Å²) in [4.78, 5) is 23.2. The first-order chi connectivity index (χ1) is 11.3. The molecule has 0 saturated heterocycles. The number of nitro benzene ring substituents is 1. The summed E-state index contributed by atoms with van der Waals surface area (Å²) in [5, 5.41) is 23.4. The summed E-state index contributed by atoms with van der Waals surface area (Å²) in [5.41, 5.74) is 0.399. The van der Waals surface area contributed by atoms with Crippen LogP contribution in [-0.2, 0) is 5.41 Å². The molecule has 1 saturated carbocycles. The third kappa shape index (κ3) is 3.43. The van der Waals surface area contributed by atoms with E-state index < -0.39 is 10.8 Å². The maximum atomic E-state index is 12.3. The first kappa shape index (κ1) is 16.5. The van der Waals surface area contributed by atoms with Crippen molar-refractivity contribution in [2.45, 2.75) is 44.9 Å². The highest BCUT2D eigenvalue weighted by Gasteiger charge is 2.28. The molecule has 3 rings (SSSR count). The topological polar surface area (TPSA) is 98.0 Å². The monoisotopic (exact) mass is 346 g/mol. The van der Waals surface area contributed by atoms with E-state index >= 15 is 0 Å². The zero-order chi connectivity index (χ0) is 17.5. The number of carbonyl (C=O) groups is 1. The van der Waals surface area contributed by atoms with Gasteiger partial charge in [-0.2, -0.15) is 0 Å². The molecule has 2 aromatic rings. The lowest BCUT2D eigenvalue weighted by Gasteiger charge is -2.19. The summed E-state index contributed by atoms with van der Waals surface area (Å²) in [6, 6.07) is 4.56. The molecule has 0 radical (unpaired) electrons. The number of carbonyl (C=O) groups excluding carboxylic acids is 1. The van der Waals surface area contributed by atoms with Crippen molar-refractivity contribution >= 4 is 28.1 Å². The van der Waals surface area contributed by atoms with Crippen molar-refractivity contribution in [3.05, 3.63) is 44.4 Å². The predicted octanol–water partition coefficient (Wildman–Crippen LogP) is 3.87. The van der Waals surface area contributed by atoms with Crippen LogP contribution in [0.3, 0.4) is 0 Å². The van der Waals surface area contributed by atoms with Crippen molar-refractivity contribution in [1.29, 1.82) is 0 Å². The van der Waals surface area contributed by atoms with Gasteiger partial charge < -0.3 is 0 Å². The molecule has 1 fully saturated rings. The summed E-state index contributed by atoms with van der Waals surface area (Å²) in [6.07, 6.45) is 2.23. The van der Waals surface area contributed by atoms with Crippen LogP contribution in [0.5, 0.6) is 0 Å². The van der Waals surface area contributed by atoms with Crippen LogP contribution in [0.2, 0.25) is 0 Å². The molecule has 0 atom stereocenters. The van der Waals surface area contributed by atoms with Crippen LogP contribution < -0.4 is 5.32 Å². The minimum Gasteiger partial charge on any atom is -0.296 e. The van der Waals surface area contributed by atoms with E-state index in [4.69, 9.17) is 0 Å². The maximum absolute atomic E-state index is 12.3. The van der Waals surface area contributed by atoms with E-state index in [0.29, 0.717) is 16.6 Å². The van der Waals surface area contributed by atoms with E-state index in [9.17, 15) is 14.9 Å². The van der Waals surface area contributed by atoms with Gasteiger partial charge >= 0.3 is 0 Å². The number of nitrogens with zero attached hydrogens (tertiary/aromatic N) is 3. The first-order valence-corrected chi connectivity index (χ1v) is 8.51. The van der Waals surface area contributed by atoms with Crippen LogP contribution in [0.15, 0.2) is 18.2 Å². The van der Waals surface area contributed by atoms with Gasteiger partial charge in [-0.1, -0.05) is 38.2 Å². The average Bonchev–Trinajstić information content (AvgIpc) is 3.26. The van der Waals surface area contributed by atoms with Crippen molar-refractivity contribution in [2.75, 3.05) is 5.32 Å². The Kier molecular flexibility index (Phi) is 4.08. The van der Waals surface area contributed by atoms with Crippen LogP contribution in [0.4, 0.5) is 10.8 Å². The van der Waals surface area contributed by atoms with E-state index in [-0.39, 0.29) is 16.7 Å². The number of amides is 1. The molecule has 0 unspecified atom stereocenters. The fourth-order valence-electron chi connectivity index (χ4n) is 2.41. The lowest BCUT2D eigenvalue weighted by molar-refractivity contribution is -0.386. The number of nitrogens with one attached hydrogen (secondary N) is 1. The third-order valence-corrected chi connectivity index (χ3v) is 4.85. The Morgan fingerprint density at radius 3 is 2.62 bits per heavy atom. The molecule has 1 N–H and O–H groups in total. The summed E-state index contributed by atoms with van der Waals surface area (Å²) in [5.74, 6) is 0.0531. The molecular weight excluding hydrogens is 328 g/mol. The van der Waals surface area contributed by atoms with Crippen LogP contribution >= 0.6 is 11.3 Å². The summed E-state index contributed by atoms with van der Waals surface area (Å²) >= 11 is 1.36. The van der Waals surface area contributed by atoms with Gasteiger partial charge in [0.15, 0.2) is 0 Å². The Labute approximate surface area is 143 Å². The smallest absolute Gasteiger partial charge is 0.273 e. The van der Waals surface area contributed by atoms with E-state index in [1.165, 1.54) is 17.4 Å². The lowest BCUT2D eigenvalue weighted by atomic mass is 9.85. The molecule has 0 bridgehead atoms. The second-order valence-electron chi connectivity index (χ2n) is 6.91. The van der Waals surface area contributed by atoms with Gasteiger partial charge in [-0.15, -0.1) is 10.2 Å². The first-order valence-electron chi connectivity index (χ1n) is 7.69. The average molecular weight is 346 g/mol. The number of hydrogen-bond acceptors (Lipinski definition) is 6. The highest BCUT2D eigenvalue weighted by Crippen LogP contribution is 2.42. The molecule has 1 aliphatic carbocycles. The van der Waals surface area contributed by atoms with Crippen LogP contribution in [0, 0.1) is 10.1 Å². The summed E-state index contributed by atoms with van der Waals surface area (Å²) < 4.78 is 0. The molecule has 8 heteroatoms. The van der Waals surface area contributed by atoms with Gasteiger partial charge in [0.1, 0.15) is 5.01 Å². The minimum atomic E-state index is -0.451. The Hall–Kier alpha value is -2.35. The van der Waals surface area contributed by atoms with E-state index in [0.717, 1.165) is 17.8 Å². The second kappa shape index (κ2) is 5.94. The highest BCUT2D eigenvalue weighted by molar-refractivity contribution is 7.15. The third-order valence-electron chi connectivity index (χ3n) is 3.85. The molecule has 126 valence electrons. The molecule has 24 heavy (non-hydrogen) atoms. The number of anilines is 1. The fraction of sp³-hybridized carbons (Fsp3) is 0.438. The normalized spacial score (nSPS) is 14.5.